The van der Waals surface area contributed by atoms with E-state index in [4.69, 9.17) is 4.74 Å². The Labute approximate surface area is 121 Å². The first-order valence-corrected chi connectivity index (χ1v) is 8.37. The highest BCUT2D eigenvalue weighted by Gasteiger charge is 2.22. The standard InChI is InChI=1S/C12H17BrN2O3S/c1-18-12-3-2-10(8-11(12)13)19(16,17)15-9-4-6-14-7-5-9/h2-3,8-9,14-15H,4-7H2,1H3. The van der Waals surface area contributed by atoms with E-state index in [0.717, 1.165) is 25.9 Å². The summed E-state index contributed by atoms with van der Waals surface area (Å²) in [6, 6.07) is 4.75. The molecule has 0 radical (unpaired) electrons. The van der Waals surface area contributed by atoms with E-state index >= 15 is 0 Å². The van der Waals surface area contributed by atoms with E-state index in [0.29, 0.717) is 10.2 Å². The molecule has 1 fully saturated rings. The first kappa shape index (κ1) is 14.8. The van der Waals surface area contributed by atoms with Crippen molar-refractivity contribution in [3.8, 4) is 5.75 Å². The predicted octanol–water partition coefficient (Wildman–Crippen LogP) is 1.49. The van der Waals surface area contributed by atoms with Crippen LogP contribution in [0.2, 0.25) is 0 Å². The van der Waals surface area contributed by atoms with Gasteiger partial charge >= 0.3 is 0 Å². The molecule has 0 unspecified atom stereocenters. The van der Waals surface area contributed by atoms with Crippen molar-refractivity contribution in [1.29, 1.82) is 0 Å². The Hall–Kier alpha value is -0.630. The van der Waals surface area contributed by atoms with Gasteiger partial charge in [0.2, 0.25) is 10.0 Å². The Morgan fingerprint density at radius 2 is 2.05 bits per heavy atom. The van der Waals surface area contributed by atoms with Crippen LogP contribution < -0.4 is 14.8 Å². The van der Waals surface area contributed by atoms with Crippen molar-refractivity contribution in [3.63, 3.8) is 0 Å². The number of nitrogens with one attached hydrogen (secondary N) is 2. The topological polar surface area (TPSA) is 67.4 Å². The zero-order chi connectivity index (χ0) is 13.9. The molecule has 0 spiro atoms. The van der Waals surface area contributed by atoms with Gasteiger partial charge in [-0.3, -0.25) is 0 Å². The van der Waals surface area contributed by atoms with Gasteiger partial charge in [0.25, 0.3) is 0 Å². The minimum atomic E-state index is -3.47. The minimum Gasteiger partial charge on any atom is -0.496 e. The van der Waals surface area contributed by atoms with Crippen LogP contribution in [-0.4, -0.2) is 34.7 Å². The summed E-state index contributed by atoms with van der Waals surface area (Å²) in [5.74, 6) is 0.612. The fraction of sp³-hybridized carbons (Fsp3) is 0.500. The van der Waals surface area contributed by atoms with Crippen molar-refractivity contribution in [1.82, 2.24) is 10.0 Å². The molecule has 0 saturated carbocycles. The first-order chi connectivity index (χ1) is 9.03. The Balaban J connectivity index is 2.16. The first-order valence-electron chi connectivity index (χ1n) is 6.09. The normalized spacial score (nSPS) is 17.4. The lowest BCUT2D eigenvalue weighted by molar-refractivity contribution is 0.411. The second-order valence-corrected chi connectivity index (χ2v) is 7.01. The number of piperidine rings is 1. The molecule has 7 heteroatoms. The van der Waals surface area contributed by atoms with Gasteiger partial charge < -0.3 is 10.1 Å². The smallest absolute Gasteiger partial charge is 0.240 e. The van der Waals surface area contributed by atoms with Gasteiger partial charge in [0.15, 0.2) is 0 Å². The molecule has 0 aromatic heterocycles. The summed E-state index contributed by atoms with van der Waals surface area (Å²) in [7, 11) is -1.93. The van der Waals surface area contributed by atoms with Crippen molar-refractivity contribution in [2.45, 2.75) is 23.8 Å². The van der Waals surface area contributed by atoms with Crippen molar-refractivity contribution in [2.24, 2.45) is 0 Å². The largest absolute Gasteiger partial charge is 0.496 e. The van der Waals surface area contributed by atoms with Crippen LogP contribution >= 0.6 is 15.9 Å². The molecule has 2 N–H and O–H groups in total. The maximum absolute atomic E-state index is 12.3. The van der Waals surface area contributed by atoms with Gasteiger partial charge in [0, 0.05) is 6.04 Å². The van der Waals surface area contributed by atoms with Crippen LogP contribution in [0.25, 0.3) is 0 Å². The molecule has 0 bridgehead atoms. The molecule has 1 saturated heterocycles. The van der Waals surface area contributed by atoms with Crippen molar-refractivity contribution < 1.29 is 13.2 Å². The zero-order valence-electron chi connectivity index (χ0n) is 10.6. The summed E-state index contributed by atoms with van der Waals surface area (Å²) in [5, 5.41) is 3.21. The van der Waals surface area contributed by atoms with Crippen LogP contribution in [0.15, 0.2) is 27.6 Å². The lowest BCUT2D eigenvalue weighted by Crippen LogP contribution is -2.42. The van der Waals surface area contributed by atoms with Gasteiger partial charge in [0.05, 0.1) is 16.5 Å². The number of hydrogen-bond acceptors (Lipinski definition) is 4. The average molecular weight is 349 g/mol. The van der Waals surface area contributed by atoms with Crippen LogP contribution in [-0.2, 0) is 10.0 Å². The van der Waals surface area contributed by atoms with Crippen LogP contribution in [0.3, 0.4) is 0 Å². The monoisotopic (exact) mass is 348 g/mol. The highest BCUT2D eigenvalue weighted by atomic mass is 79.9. The van der Waals surface area contributed by atoms with Gasteiger partial charge in [0.1, 0.15) is 5.75 Å². The molecule has 1 aliphatic rings. The Bertz CT molecular complexity index is 542. The summed E-state index contributed by atoms with van der Waals surface area (Å²) in [5.41, 5.74) is 0. The molecule has 5 nitrogen and oxygen atoms in total. The fourth-order valence-electron chi connectivity index (χ4n) is 2.04. The zero-order valence-corrected chi connectivity index (χ0v) is 13.1. The third-order valence-corrected chi connectivity index (χ3v) is 5.23. The van der Waals surface area contributed by atoms with Gasteiger partial charge in [-0.15, -0.1) is 0 Å². The Morgan fingerprint density at radius 1 is 1.37 bits per heavy atom. The molecule has 19 heavy (non-hydrogen) atoms. The SMILES string of the molecule is COc1ccc(S(=O)(=O)NC2CCNCC2)cc1Br. The second kappa shape index (κ2) is 6.21. The van der Waals surface area contributed by atoms with Crippen LogP contribution in [0, 0.1) is 0 Å². The van der Waals surface area contributed by atoms with E-state index in [-0.39, 0.29) is 10.9 Å². The van der Waals surface area contributed by atoms with E-state index in [2.05, 4.69) is 26.0 Å². The quantitative estimate of drug-likeness (QED) is 0.864. The van der Waals surface area contributed by atoms with Gasteiger partial charge in [-0.1, -0.05) is 0 Å². The molecule has 1 heterocycles. The van der Waals surface area contributed by atoms with E-state index in [1.54, 1.807) is 25.3 Å². The lowest BCUT2D eigenvalue weighted by Gasteiger charge is -2.23. The predicted molar refractivity (Wildman–Crippen MR) is 76.9 cm³/mol. The van der Waals surface area contributed by atoms with Crippen LogP contribution in [0.1, 0.15) is 12.8 Å². The summed E-state index contributed by atoms with van der Waals surface area (Å²) < 4.78 is 33.0. The third kappa shape index (κ3) is 3.68. The molecule has 2 rings (SSSR count). The molecule has 106 valence electrons. The summed E-state index contributed by atoms with van der Waals surface area (Å²) >= 11 is 3.30. The molecule has 0 aliphatic carbocycles. The summed E-state index contributed by atoms with van der Waals surface area (Å²) in [6.07, 6.45) is 1.63. The Kier molecular flexibility index (Phi) is 4.83. The van der Waals surface area contributed by atoms with E-state index in [9.17, 15) is 8.42 Å². The van der Waals surface area contributed by atoms with Gasteiger partial charge in [-0.05, 0) is 60.1 Å². The second-order valence-electron chi connectivity index (χ2n) is 4.44. The highest BCUT2D eigenvalue weighted by Crippen LogP contribution is 2.27. The number of sulfonamides is 1. The van der Waals surface area contributed by atoms with E-state index in [1.807, 2.05) is 0 Å². The molecule has 1 aromatic rings. The number of benzene rings is 1. The summed E-state index contributed by atoms with van der Waals surface area (Å²) in [4.78, 5) is 0.249. The number of rotatable bonds is 4. The third-order valence-electron chi connectivity index (χ3n) is 3.09. The molecule has 1 aromatic carbocycles. The number of ether oxygens (including phenoxy) is 1. The minimum absolute atomic E-state index is 0.00660. The van der Waals surface area contributed by atoms with Crippen molar-refractivity contribution in [3.05, 3.63) is 22.7 Å². The maximum Gasteiger partial charge on any atom is 0.240 e. The van der Waals surface area contributed by atoms with Crippen molar-refractivity contribution in [2.75, 3.05) is 20.2 Å². The number of halogens is 1. The average Bonchev–Trinajstić information content (AvgIpc) is 2.39. The fourth-order valence-corrected chi connectivity index (χ4v) is 4.06. The van der Waals surface area contributed by atoms with E-state index < -0.39 is 10.0 Å². The van der Waals surface area contributed by atoms with E-state index in [1.165, 1.54) is 0 Å². The van der Waals surface area contributed by atoms with Crippen LogP contribution in [0.5, 0.6) is 5.75 Å². The number of hydrogen-bond donors (Lipinski definition) is 2. The van der Waals surface area contributed by atoms with Gasteiger partial charge in [-0.2, -0.15) is 0 Å². The molecule has 0 atom stereocenters. The number of methoxy groups -OCH3 is 1. The molecular weight excluding hydrogens is 332 g/mol. The highest BCUT2D eigenvalue weighted by molar-refractivity contribution is 9.10. The summed E-state index contributed by atoms with van der Waals surface area (Å²) in [6.45, 7) is 1.69. The van der Waals surface area contributed by atoms with Crippen LogP contribution in [0.4, 0.5) is 0 Å². The molecule has 1 aliphatic heterocycles. The lowest BCUT2D eigenvalue weighted by atomic mass is 10.1. The maximum atomic E-state index is 12.3. The Morgan fingerprint density at radius 3 is 2.63 bits per heavy atom. The molecule has 0 amide bonds. The van der Waals surface area contributed by atoms with Gasteiger partial charge in [-0.25, -0.2) is 13.1 Å². The molecular formula is C12H17BrN2O3S. The van der Waals surface area contributed by atoms with Crippen molar-refractivity contribution >= 4 is 26.0 Å².